The zero-order chi connectivity index (χ0) is 11.8. The maximum atomic E-state index is 5.82. The van der Waals surface area contributed by atoms with E-state index in [1.807, 2.05) is 0 Å². The molecule has 0 unspecified atom stereocenters. The van der Waals surface area contributed by atoms with E-state index in [9.17, 15) is 0 Å². The first-order valence-corrected chi connectivity index (χ1v) is 6.54. The highest BCUT2D eigenvalue weighted by atomic mass is 32.2. The van der Waals surface area contributed by atoms with Gasteiger partial charge in [-0.15, -0.1) is 0 Å². The van der Waals surface area contributed by atoms with Crippen molar-refractivity contribution < 1.29 is 0 Å². The lowest BCUT2D eigenvalue weighted by Gasteiger charge is -2.35. The monoisotopic (exact) mass is 252 g/mol. The minimum absolute atomic E-state index is 0.458. The third-order valence-corrected chi connectivity index (χ3v) is 4.06. The van der Waals surface area contributed by atoms with E-state index >= 15 is 0 Å². The number of rotatable bonds is 1. The van der Waals surface area contributed by atoms with Crippen molar-refractivity contribution in [2.75, 3.05) is 24.5 Å². The first-order chi connectivity index (χ1) is 8.25. The van der Waals surface area contributed by atoms with E-state index in [4.69, 9.17) is 5.84 Å². The van der Waals surface area contributed by atoms with Crippen LogP contribution in [0.15, 0.2) is 11.4 Å². The Kier molecular flexibility index (Phi) is 2.91. The van der Waals surface area contributed by atoms with Crippen molar-refractivity contribution in [2.45, 2.75) is 24.5 Å². The van der Waals surface area contributed by atoms with Crippen molar-refractivity contribution in [3.63, 3.8) is 0 Å². The van der Waals surface area contributed by atoms with Crippen LogP contribution < -0.4 is 16.1 Å². The van der Waals surface area contributed by atoms with Crippen LogP contribution in [0.1, 0.15) is 12.5 Å². The summed E-state index contributed by atoms with van der Waals surface area (Å²) >= 11 is 1.49. The molecule has 3 rings (SSSR count). The number of nitrogens with zero attached hydrogens (tertiary/aromatic N) is 4. The number of hydrogen-bond donors (Lipinski definition) is 2. The highest BCUT2D eigenvalue weighted by molar-refractivity contribution is 7.97. The van der Waals surface area contributed by atoms with Crippen LogP contribution in [0.3, 0.4) is 0 Å². The van der Waals surface area contributed by atoms with E-state index in [-0.39, 0.29) is 0 Å². The molecule has 0 spiro atoms. The summed E-state index contributed by atoms with van der Waals surface area (Å²) in [7, 11) is 0. The van der Waals surface area contributed by atoms with E-state index in [1.165, 1.54) is 11.9 Å². The van der Waals surface area contributed by atoms with Gasteiger partial charge in [0.05, 0.1) is 6.54 Å². The molecule has 92 valence electrons. The van der Waals surface area contributed by atoms with Crippen molar-refractivity contribution >= 4 is 17.8 Å². The molecule has 0 saturated carbocycles. The first-order valence-electron chi connectivity index (χ1n) is 5.77. The standard InChI is InChI=1S/C10H16N6S/c1-7-4-12-2-3-15(7)9-8-5-16(11)17-10(8)14-6-13-9/h6-7,12H,2-5,11H2,1H3/t7-/m0/s1. The minimum atomic E-state index is 0.458. The topological polar surface area (TPSA) is 70.3 Å². The molecule has 0 radical (unpaired) electrons. The molecule has 17 heavy (non-hydrogen) atoms. The molecular formula is C10H16N6S. The van der Waals surface area contributed by atoms with Crippen molar-refractivity contribution in [3.8, 4) is 0 Å². The van der Waals surface area contributed by atoms with Crippen LogP contribution in [0, 0.1) is 0 Å². The average Bonchev–Trinajstić information content (AvgIpc) is 2.70. The Hall–Kier alpha value is -0.890. The molecule has 0 aromatic carbocycles. The lowest BCUT2D eigenvalue weighted by atomic mass is 10.2. The molecule has 0 aliphatic carbocycles. The number of nitrogens with two attached hydrogens (primary N) is 1. The summed E-state index contributed by atoms with van der Waals surface area (Å²) in [5.41, 5.74) is 1.16. The molecule has 1 atom stereocenters. The molecule has 1 saturated heterocycles. The zero-order valence-corrected chi connectivity index (χ0v) is 10.6. The Labute approximate surface area is 105 Å². The van der Waals surface area contributed by atoms with Gasteiger partial charge in [-0.2, -0.15) is 4.41 Å². The van der Waals surface area contributed by atoms with Gasteiger partial charge in [0.25, 0.3) is 0 Å². The van der Waals surface area contributed by atoms with Gasteiger partial charge in [0.1, 0.15) is 17.2 Å². The fourth-order valence-electron chi connectivity index (χ4n) is 2.31. The quantitative estimate of drug-likeness (QED) is 0.413. The first kappa shape index (κ1) is 11.2. The van der Waals surface area contributed by atoms with Gasteiger partial charge in [0.15, 0.2) is 0 Å². The molecule has 3 N–H and O–H groups in total. The van der Waals surface area contributed by atoms with Gasteiger partial charge in [0, 0.05) is 31.2 Å². The molecule has 7 heteroatoms. The second kappa shape index (κ2) is 4.41. The number of hydrogen-bond acceptors (Lipinski definition) is 7. The second-order valence-corrected chi connectivity index (χ2v) is 5.43. The summed E-state index contributed by atoms with van der Waals surface area (Å²) in [5, 5.41) is 4.37. The highest BCUT2D eigenvalue weighted by Gasteiger charge is 2.28. The van der Waals surface area contributed by atoms with Crippen LogP contribution in [0.2, 0.25) is 0 Å². The Morgan fingerprint density at radius 1 is 1.53 bits per heavy atom. The van der Waals surface area contributed by atoms with Crippen molar-refractivity contribution in [2.24, 2.45) is 5.84 Å². The normalized spacial score (nSPS) is 25.1. The van der Waals surface area contributed by atoms with Crippen molar-refractivity contribution in [3.05, 3.63) is 11.9 Å². The summed E-state index contributed by atoms with van der Waals surface area (Å²) < 4.78 is 1.70. The molecule has 3 heterocycles. The minimum Gasteiger partial charge on any atom is -0.351 e. The summed E-state index contributed by atoms with van der Waals surface area (Å²) in [4.78, 5) is 11.1. The molecule has 1 aromatic heterocycles. The number of hydrazine groups is 1. The Morgan fingerprint density at radius 2 is 2.41 bits per heavy atom. The van der Waals surface area contributed by atoms with E-state index in [1.54, 1.807) is 10.7 Å². The fraction of sp³-hybridized carbons (Fsp3) is 0.600. The van der Waals surface area contributed by atoms with Crippen LogP contribution in [-0.4, -0.2) is 40.1 Å². The van der Waals surface area contributed by atoms with Gasteiger partial charge in [-0.1, -0.05) is 0 Å². The summed E-state index contributed by atoms with van der Waals surface area (Å²) in [6, 6.07) is 0.458. The molecule has 2 aliphatic heterocycles. The van der Waals surface area contributed by atoms with Crippen LogP contribution in [0.5, 0.6) is 0 Å². The summed E-state index contributed by atoms with van der Waals surface area (Å²) in [5.74, 6) is 6.86. The third kappa shape index (κ3) is 1.99. The predicted octanol–water partition coefficient (Wildman–Crippen LogP) is -0.0289. The van der Waals surface area contributed by atoms with Gasteiger partial charge < -0.3 is 10.2 Å². The maximum Gasteiger partial charge on any atom is 0.138 e. The predicted molar refractivity (Wildman–Crippen MR) is 67.3 cm³/mol. The molecule has 6 nitrogen and oxygen atoms in total. The number of fused-ring (bicyclic) bond motifs is 1. The SMILES string of the molecule is C[C@H]1CNCCN1c1ncnc2c1CN(N)S2. The lowest BCUT2D eigenvalue weighted by Crippen LogP contribution is -2.50. The fourth-order valence-corrected chi connectivity index (χ4v) is 3.08. The van der Waals surface area contributed by atoms with E-state index in [2.05, 4.69) is 27.1 Å². The molecular weight excluding hydrogens is 236 g/mol. The Morgan fingerprint density at radius 3 is 3.24 bits per heavy atom. The molecule has 1 aromatic rings. The highest BCUT2D eigenvalue weighted by Crippen LogP contribution is 2.36. The lowest BCUT2D eigenvalue weighted by molar-refractivity contribution is 0.483. The Bertz CT molecular complexity index is 425. The van der Waals surface area contributed by atoms with Gasteiger partial charge in [0.2, 0.25) is 0 Å². The molecule has 1 fully saturated rings. The average molecular weight is 252 g/mol. The van der Waals surface area contributed by atoms with Crippen LogP contribution in [0.4, 0.5) is 5.82 Å². The number of nitrogens with one attached hydrogen (secondary N) is 1. The third-order valence-electron chi connectivity index (χ3n) is 3.17. The molecule has 2 aliphatic rings. The molecule has 0 bridgehead atoms. The van der Waals surface area contributed by atoms with E-state index in [0.717, 1.165) is 36.0 Å². The zero-order valence-electron chi connectivity index (χ0n) is 9.76. The van der Waals surface area contributed by atoms with Gasteiger partial charge in [-0.05, 0) is 18.9 Å². The maximum absolute atomic E-state index is 5.82. The smallest absolute Gasteiger partial charge is 0.138 e. The van der Waals surface area contributed by atoms with E-state index in [0.29, 0.717) is 12.6 Å². The summed E-state index contributed by atoms with van der Waals surface area (Å²) in [6.07, 6.45) is 1.63. The molecule has 0 amide bonds. The van der Waals surface area contributed by atoms with Crippen LogP contribution in [0.25, 0.3) is 0 Å². The van der Waals surface area contributed by atoms with Gasteiger partial charge in [-0.25, -0.2) is 9.97 Å². The van der Waals surface area contributed by atoms with Gasteiger partial charge >= 0.3 is 0 Å². The largest absolute Gasteiger partial charge is 0.351 e. The van der Waals surface area contributed by atoms with Gasteiger partial charge in [-0.3, -0.25) is 5.84 Å². The Balaban J connectivity index is 1.95. The van der Waals surface area contributed by atoms with Crippen LogP contribution in [-0.2, 0) is 6.54 Å². The van der Waals surface area contributed by atoms with Crippen LogP contribution >= 0.6 is 11.9 Å². The second-order valence-electron chi connectivity index (χ2n) is 4.39. The van der Waals surface area contributed by atoms with Crippen molar-refractivity contribution in [1.29, 1.82) is 0 Å². The summed E-state index contributed by atoms with van der Waals surface area (Å²) in [6.45, 7) is 5.91. The number of piperazine rings is 1. The van der Waals surface area contributed by atoms with Crippen molar-refractivity contribution in [1.82, 2.24) is 19.7 Å². The number of anilines is 1. The number of aromatic nitrogens is 2. The van der Waals surface area contributed by atoms with E-state index < -0.39 is 0 Å².